The molecule has 0 heterocycles. The third kappa shape index (κ3) is 2.38. The first-order valence-electron chi connectivity index (χ1n) is 6.52. The molecule has 0 aromatic heterocycles. The van der Waals surface area contributed by atoms with Crippen LogP contribution in [0.3, 0.4) is 0 Å². The predicted molar refractivity (Wildman–Crippen MR) is 87.3 cm³/mol. The van der Waals surface area contributed by atoms with Crippen molar-refractivity contribution in [3.63, 3.8) is 0 Å². The third-order valence-corrected chi connectivity index (χ3v) is 3.68. The highest BCUT2D eigenvalue weighted by Gasteiger charge is 2.16. The van der Waals surface area contributed by atoms with Crippen molar-refractivity contribution in [3.8, 4) is 0 Å². The van der Waals surface area contributed by atoms with Gasteiger partial charge >= 0.3 is 0 Å². The highest BCUT2D eigenvalue weighted by molar-refractivity contribution is 6.09. The molecule has 0 aliphatic heterocycles. The first-order chi connectivity index (χ1) is 9.18. The predicted octanol–water partition coefficient (Wildman–Crippen LogP) is 3.80. The number of halogens is 1. The van der Waals surface area contributed by atoms with Gasteiger partial charge in [0.2, 0.25) is 0 Å². The zero-order chi connectivity index (χ0) is 13.4. The maximum atomic E-state index is 9.78. The summed E-state index contributed by atoms with van der Waals surface area (Å²) in [6, 6.07) is 18.2. The zero-order valence-corrected chi connectivity index (χ0v) is 12.1. The molecule has 0 saturated carbocycles. The normalized spacial score (nSPS) is 13.9. The van der Waals surface area contributed by atoms with E-state index in [2.05, 4.69) is 30.3 Å². The van der Waals surface area contributed by atoms with E-state index in [1.54, 1.807) is 6.92 Å². The molecule has 2 atom stereocenters. The first-order valence-corrected chi connectivity index (χ1v) is 6.52. The van der Waals surface area contributed by atoms with E-state index in [0.29, 0.717) is 0 Å². The molecule has 0 aliphatic carbocycles. The standard InChI is InChI=1S/C17H17NO.ClH/c1-11(19)17(18)16-10-12-6-2-3-7-13(12)14-8-4-5-9-15(14)16;/h2-11,17,19H,18H2,1H3;1H/t11-,17-;/m0./s1. The average Bonchev–Trinajstić information content (AvgIpc) is 2.45. The summed E-state index contributed by atoms with van der Waals surface area (Å²) in [5.41, 5.74) is 7.15. The summed E-state index contributed by atoms with van der Waals surface area (Å²) >= 11 is 0. The number of hydrogen-bond acceptors (Lipinski definition) is 2. The second-order valence-electron chi connectivity index (χ2n) is 5.00. The van der Waals surface area contributed by atoms with Crippen molar-refractivity contribution in [1.82, 2.24) is 0 Å². The van der Waals surface area contributed by atoms with E-state index in [4.69, 9.17) is 5.73 Å². The van der Waals surface area contributed by atoms with E-state index in [1.807, 2.05) is 24.3 Å². The minimum Gasteiger partial charge on any atom is -0.391 e. The van der Waals surface area contributed by atoms with Gasteiger partial charge in [-0.2, -0.15) is 0 Å². The van der Waals surface area contributed by atoms with Crippen LogP contribution in [0.2, 0.25) is 0 Å². The molecule has 0 fully saturated rings. The van der Waals surface area contributed by atoms with Gasteiger partial charge in [0, 0.05) is 0 Å². The molecule has 0 radical (unpaired) electrons. The molecule has 0 unspecified atom stereocenters. The summed E-state index contributed by atoms with van der Waals surface area (Å²) in [5, 5.41) is 14.5. The molecule has 3 heteroatoms. The van der Waals surface area contributed by atoms with Crippen LogP contribution in [0.15, 0.2) is 54.6 Å². The van der Waals surface area contributed by atoms with Gasteiger partial charge < -0.3 is 10.8 Å². The number of benzene rings is 3. The molecule has 0 saturated heterocycles. The Balaban J connectivity index is 0.00000147. The van der Waals surface area contributed by atoms with Crippen LogP contribution < -0.4 is 5.73 Å². The van der Waals surface area contributed by atoms with Crippen LogP contribution in [0.4, 0.5) is 0 Å². The van der Waals surface area contributed by atoms with Crippen molar-refractivity contribution in [1.29, 1.82) is 0 Å². The van der Waals surface area contributed by atoms with Gasteiger partial charge in [-0.1, -0.05) is 48.5 Å². The third-order valence-electron chi connectivity index (χ3n) is 3.68. The van der Waals surface area contributed by atoms with Gasteiger partial charge in [-0.3, -0.25) is 0 Å². The van der Waals surface area contributed by atoms with E-state index in [1.165, 1.54) is 10.8 Å². The number of nitrogens with two attached hydrogens (primary N) is 1. The Morgan fingerprint density at radius 1 is 0.900 bits per heavy atom. The molecule has 20 heavy (non-hydrogen) atoms. The van der Waals surface area contributed by atoms with Crippen molar-refractivity contribution in [2.75, 3.05) is 0 Å². The van der Waals surface area contributed by atoms with Crippen molar-refractivity contribution >= 4 is 34.0 Å². The van der Waals surface area contributed by atoms with Gasteiger partial charge in [-0.25, -0.2) is 0 Å². The van der Waals surface area contributed by atoms with Gasteiger partial charge in [0.25, 0.3) is 0 Å². The maximum absolute atomic E-state index is 9.78. The molecule has 0 spiro atoms. The topological polar surface area (TPSA) is 46.2 Å². The minimum atomic E-state index is -0.565. The number of hydrogen-bond donors (Lipinski definition) is 2. The van der Waals surface area contributed by atoms with Crippen molar-refractivity contribution < 1.29 is 5.11 Å². The van der Waals surface area contributed by atoms with Gasteiger partial charge in [0.15, 0.2) is 0 Å². The quantitative estimate of drug-likeness (QED) is 0.704. The summed E-state index contributed by atoms with van der Waals surface area (Å²) in [5.74, 6) is 0. The van der Waals surface area contributed by atoms with E-state index in [0.717, 1.165) is 16.3 Å². The molecule has 3 aromatic carbocycles. The van der Waals surface area contributed by atoms with Crippen molar-refractivity contribution in [2.24, 2.45) is 5.73 Å². The molecule has 104 valence electrons. The fraction of sp³-hybridized carbons (Fsp3) is 0.176. The molecule has 2 nitrogen and oxygen atoms in total. The Hall–Kier alpha value is -1.61. The Bertz CT molecular complexity index is 739. The average molecular weight is 288 g/mol. The zero-order valence-electron chi connectivity index (χ0n) is 11.3. The molecular weight excluding hydrogens is 270 g/mol. The monoisotopic (exact) mass is 287 g/mol. The molecule has 0 aliphatic rings. The van der Waals surface area contributed by atoms with E-state index in [9.17, 15) is 5.11 Å². The Morgan fingerprint density at radius 2 is 1.45 bits per heavy atom. The molecule has 0 bridgehead atoms. The lowest BCUT2D eigenvalue weighted by Gasteiger charge is -2.19. The summed E-state index contributed by atoms with van der Waals surface area (Å²) in [6.45, 7) is 1.73. The van der Waals surface area contributed by atoms with Crippen LogP contribution in [-0.4, -0.2) is 11.2 Å². The van der Waals surface area contributed by atoms with E-state index >= 15 is 0 Å². The maximum Gasteiger partial charge on any atom is 0.0704 e. The number of fused-ring (bicyclic) bond motifs is 3. The van der Waals surface area contributed by atoms with E-state index in [-0.39, 0.29) is 18.4 Å². The summed E-state index contributed by atoms with van der Waals surface area (Å²) in [4.78, 5) is 0. The van der Waals surface area contributed by atoms with Crippen molar-refractivity contribution in [2.45, 2.75) is 19.1 Å². The molecule has 3 rings (SSSR count). The van der Waals surface area contributed by atoms with Crippen LogP contribution in [0.25, 0.3) is 21.5 Å². The molecule has 3 aromatic rings. The summed E-state index contributed by atoms with van der Waals surface area (Å²) < 4.78 is 0. The van der Waals surface area contributed by atoms with Crippen LogP contribution in [0.1, 0.15) is 18.5 Å². The highest BCUT2D eigenvalue weighted by atomic mass is 35.5. The van der Waals surface area contributed by atoms with Gasteiger partial charge in [-0.15, -0.1) is 12.4 Å². The minimum absolute atomic E-state index is 0. The van der Waals surface area contributed by atoms with Crippen LogP contribution >= 0.6 is 12.4 Å². The number of aliphatic hydroxyl groups is 1. The summed E-state index contributed by atoms with van der Waals surface area (Å²) in [6.07, 6.45) is -0.565. The lowest BCUT2D eigenvalue weighted by atomic mass is 9.92. The Morgan fingerprint density at radius 3 is 2.10 bits per heavy atom. The fourth-order valence-electron chi connectivity index (χ4n) is 2.62. The second kappa shape index (κ2) is 5.80. The van der Waals surface area contributed by atoms with Crippen molar-refractivity contribution in [3.05, 3.63) is 60.2 Å². The Labute approximate surface area is 124 Å². The Kier molecular flexibility index (Phi) is 4.29. The van der Waals surface area contributed by atoms with Gasteiger partial charge in [-0.05, 0) is 40.1 Å². The highest BCUT2D eigenvalue weighted by Crippen LogP contribution is 2.32. The molecule has 0 amide bonds. The van der Waals surface area contributed by atoms with Crippen LogP contribution in [0.5, 0.6) is 0 Å². The first kappa shape index (κ1) is 14.8. The largest absolute Gasteiger partial charge is 0.391 e. The van der Waals surface area contributed by atoms with Crippen LogP contribution in [0, 0.1) is 0 Å². The van der Waals surface area contributed by atoms with Gasteiger partial charge in [0.1, 0.15) is 0 Å². The lowest BCUT2D eigenvalue weighted by molar-refractivity contribution is 0.165. The second-order valence-corrected chi connectivity index (χ2v) is 5.00. The number of aliphatic hydroxyl groups excluding tert-OH is 1. The number of rotatable bonds is 2. The van der Waals surface area contributed by atoms with E-state index < -0.39 is 6.10 Å². The SMILES string of the molecule is C[C@H](O)[C@H](N)c1cc2ccccc2c2ccccc12.Cl. The summed E-state index contributed by atoms with van der Waals surface area (Å²) in [7, 11) is 0. The molecule has 3 N–H and O–H groups in total. The smallest absolute Gasteiger partial charge is 0.0704 e. The lowest BCUT2D eigenvalue weighted by Crippen LogP contribution is -2.23. The fourth-order valence-corrected chi connectivity index (χ4v) is 2.62. The molecular formula is C17H18ClNO. The van der Waals surface area contributed by atoms with Crippen LogP contribution in [-0.2, 0) is 0 Å². The van der Waals surface area contributed by atoms with Gasteiger partial charge in [0.05, 0.1) is 12.1 Å².